The van der Waals surface area contributed by atoms with E-state index in [0.717, 1.165) is 25.7 Å². The quantitative estimate of drug-likeness (QED) is 0.671. The Morgan fingerprint density at radius 1 is 1.18 bits per heavy atom. The summed E-state index contributed by atoms with van der Waals surface area (Å²) in [6.07, 6.45) is 3.98. The van der Waals surface area contributed by atoms with Crippen molar-refractivity contribution in [1.29, 1.82) is 0 Å². The average molecular weight is 306 g/mol. The van der Waals surface area contributed by atoms with Gasteiger partial charge in [-0.1, -0.05) is 12.8 Å². The highest BCUT2D eigenvalue weighted by molar-refractivity contribution is 6.07. The number of ether oxygens (including phenoxy) is 1. The molecule has 0 unspecified atom stereocenters. The van der Waals surface area contributed by atoms with Crippen molar-refractivity contribution in [1.82, 2.24) is 10.2 Å². The molecule has 5 nitrogen and oxygen atoms in total. The Balaban J connectivity index is 1.48. The van der Waals surface area contributed by atoms with Crippen LogP contribution in [0.3, 0.4) is 0 Å². The van der Waals surface area contributed by atoms with Gasteiger partial charge in [0.25, 0.3) is 5.91 Å². The maximum absolute atomic E-state index is 12.8. The SMILES string of the molecule is O=C1NC2(CCCC2)C(=O)N1CCCOc1ccc(F)cc1. The van der Waals surface area contributed by atoms with E-state index < -0.39 is 5.54 Å². The molecule has 2 fully saturated rings. The van der Waals surface area contributed by atoms with Gasteiger partial charge in [-0.05, 0) is 43.5 Å². The maximum Gasteiger partial charge on any atom is 0.325 e. The Hall–Kier alpha value is -2.11. The van der Waals surface area contributed by atoms with Crippen molar-refractivity contribution in [2.75, 3.05) is 13.2 Å². The monoisotopic (exact) mass is 306 g/mol. The minimum atomic E-state index is -0.644. The first-order valence-electron chi connectivity index (χ1n) is 7.63. The number of carbonyl (C=O) groups is 2. The minimum Gasteiger partial charge on any atom is -0.494 e. The van der Waals surface area contributed by atoms with Crippen LogP contribution in [0.2, 0.25) is 0 Å². The number of benzene rings is 1. The molecule has 0 bridgehead atoms. The topological polar surface area (TPSA) is 58.6 Å². The molecule has 1 spiro atoms. The second kappa shape index (κ2) is 5.94. The van der Waals surface area contributed by atoms with Crippen LogP contribution in [0.4, 0.5) is 9.18 Å². The molecule has 0 aromatic heterocycles. The van der Waals surface area contributed by atoms with Gasteiger partial charge in [0.1, 0.15) is 17.1 Å². The first-order valence-corrected chi connectivity index (χ1v) is 7.63. The molecule has 1 N–H and O–H groups in total. The number of urea groups is 1. The standard InChI is InChI=1S/C16H19FN2O3/c17-12-4-6-13(7-5-12)22-11-3-10-19-14(20)16(18-15(19)21)8-1-2-9-16/h4-7H,1-3,8-11H2,(H,18,21). The van der Waals surface area contributed by atoms with Gasteiger partial charge in [0.05, 0.1) is 6.61 Å². The van der Waals surface area contributed by atoms with Crippen molar-refractivity contribution in [3.8, 4) is 5.75 Å². The molecule has 0 radical (unpaired) electrons. The van der Waals surface area contributed by atoms with E-state index >= 15 is 0 Å². The van der Waals surface area contributed by atoms with Crippen molar-refractivity contribution in [3.63, 3.8) is 0 Å². The fourth-order valence-corrected chi connectivity index (χ4v) is 3.14. The van der Waals surface area contributed by atoms with Crippen LogP contribution in [-0.4, -0.2) is 35.5 Å². The van der Waals surface area contributed by atoms with Gasteiger partial charge in [0.2, 0.25) is 0 Å². The summed E-state index contributed by atoms with van der Waals surface area (Å²) in [5, 5.41) is 2.85. The van der Waals surface area contributed by atoms with Crippen molar-refractivity contribution < 1.29 is 18.7 Å². The van der Waals surface area contributed by atoms with Gasteiger partial charge in [-0.15, -0.1) is 0 Å². The second-order valence-electron chi connectivity index (χ2n) is 5.83. The molecule has 118 valence electrons. The summed E-state index contributed by atoms with van der Waals surface area (Å²) < 4.78 is 18.2. The van der Waals surface area contributed by atoms with Crippen LogP contribution >= 0.6 is 0 Å². The number of halogens is 1. The molecular formula is C16H19FN2O3. The lowest BCUT2D eigenvalue weighted by Gasteiger charge is -2.20. The van der Waals surface area contributed by atoms with Crippen molar-refractivity contribution in [2.24, 2.45) is 0 Å². The molecule has 1 aromatic rings. The van der Waals surface area contributed by atoms with Crippen molar-refractivity contribution >= 4 is 11.9 Å². The predicted octanol–water partition coefficient (Wildman–Crippen LogP) is 2.46. The van der Waals surface area contributed by atoms with E-state index in [4.69, 9.17) is 4.74 Å². The molecule has 3 amide bonds. The molecule has 22 heavy (non-hydrogen) atoms. The Morgan fingerprint density at radius 3 is 2.55 bits per heavy atom. The Bertz CT molecular complexity index is 567. The van der Waals surface area contributed by atoms with E-state index in [2.05, 4.69) is 5.32 Å². The molecular weight excluding hydrogens is 287 g/mol. The summed E-state index contributed by atoms with van der Waals surface area (Å²) in [5.41, 5.74) is -0.644. The van der Waals surface area contributed by atoms with Crippen LogP contribution in [0, 0.1) is 5.82 Å². The van der Waals surface area contributed by atoms with E-state index in [1.54, 1.807) is 12.1 Å². The van der Waals surface area contributed by atoms with Crippen LogP contribution in [0.1, 0.15) is 32.1 Å². The summed E-state index contributed by atoms with van der Waals surface area (Å²) in [6.45, 7) is 0.712. The fourth-order valence-electron chi connectivity index (χ4n) is 3.14. The highest BCUT2D eigenvalue weighted by Crippen LogP contribution is 2.34. The number of hydrogen-bond acceptors (Lipinski definition) is 3. The number of amides is 3. The van der Waals surface area contributed by atoms with Gasteiger partial charge >= 0.3 is 6.03 Å². The predicted molar refractivity (Wildman–Crippen MR) is 78.0 cm³/mol. The Labute approximate surface area is 128 Å². The number of nitrogens with one attached hydrogen (secondary N) is 1. The molecule has 1 saturated carbocycles. The molecule has 1 aliphatic carbocycles. The number of hydrogen-bond donors (Lipinski definition) is 1. The first-order chi connectivity index (χ1) is 10.6. The molecule has 3 rings (SSSR count). The summed E-state index contributed by atoms with van der Waals surface area (Å²) in [4.78, 5) is 25.7. The zero-order valence-electron chi connectivity index (χ0n) is 12.3. The van der Waals surface area contributed by atoms with E-state index in [0.29, 0.717) is 25.3 Å². The van der Waals surface area contributed by atoms with Gasteiger partial charge in [0, 0.05) is 6.54 Å². The Kier molecular flexibility index (Phi) is 4.00. The summed E-state index contributed by atoms with van der Waals surface area (Å²) in [5.74, 6) is 0.163. The van der Waals surface area contributed by atoms with Gasteiger partial charge in [-0.25, -0.2) is 9.18 Å². The Morgan fingerprint density at radius 2 is 1.86 bits per heavy atom. The summed E-state index contributed by atoms with van der Waals surface area (Å²) >= 11 is 0. The molecule has 2 aliphatic rings. The van der Waals surface area contributed by atoms with Gasteiger partial charge < -0.3 is 10.1 Å². The minimum absolute atomic E-state index is 0.100. The van der Waals surface area contributed by atoms with E-state index in [1.807, 2.05) is 0 Å². The average Bonchev–Trinajstić information content (AvgIpc) is 3.06. The molecule has 6 heteroatoms. The zero-order valence-corrected chi connectivity index (χ0v) is 12.3. The third-order valence-electron chi connectivity index (χ3n) is 4.31. The highest BCUT2D eigenvalue weighted by atomic mass is 19.1. The highest BCUT2D eigenvalue weighted by Gasteiger charge is 2.51. The zero-order chi connectivity index (χ0) is 15.6. The van der Waals surface area contributed by atoms with Crippen LogP contribution in [0.5, 0.6) is 5.75 Å². The lowest BCUT2D eigenvalue weighted by molar-refractivity contribution is -0.131. The van der Waals surface area contributed by atoms with Crippen LogP contribution in [0.15, 0.2) is 24.3 Å². The number of rotatable bonds is 5. The molecule has 0 atom stereocenters. The summed E-state index contributed by atoms with van der Waals surface area (Å²) in [7, 11) is 0. The van der Waals surface area contributed by atoms with Gasteiger partial charge in [-0.3, -0.25) is 9.69 Å². The van der Waals surface area contributed by atoms with Crippen molar-refractivity contribution in [3.05, 3.63) is 30.1 Å². The number of imide groups is 1. The van der Waals surface area contributed by atoms with E-state index in [-0.39, 0.29) is 17.8 Å². The van der Waals surface area contributed by atoms with E-state index in [9.17, 15) is 14.0 Å². The normalized spacial score (nSPS) is 19.8. The first kappa shape index (κ1) is 14.8. The smallest absolute Gasteiger partial charge is 0.325 e. The van der Waals surface area contributed by atoms with Gasteiger partial charge in [-0.2, -0.15) is 0 Å². The fraction of sp³-hybridized carbons (Fsp3) is 0.500. The summed E-state index contributed by atoms with van der Waals surface area (Å²) in [6, 6.07) is 5.47. The lowest BCUT2D eigenvalue weighted by atomic mass is 9.98. The van der Waals surface area contributed by atoms with Crippen LogP contribution in [0.25, 0.3) is 0 Å². The third-order valence-corrected chi connectivity index (χ3v) is 4.31. The maximum atomic E-state index is 12.8. The largest absolute Gasteiger partial charge is 0.494 e. The van der Waals surface area contributed by atoms with E-state index in [1.165, 1.54) is 17.0 Å². The second-order valence-corrected chi connectivity index (χ2v) is 5.83. The molecule has 1 aliphatic heterocycles. The van der Waals surface area contributed by atoms with Crippen LogP contribution in [-0.2, 0) is 4.79 Å². The molecule has 1 aromatic carbocycles. The lowest BCUT2D eigenvalue weighted by Crippen LogP contribution is -2.44. The number of nitrogens with zero attached hydrogens (tertiary/aromatic N) is 1. The van der Waals surface area contributed by atoms with Crippen molar-refractivity contribution in [2.45, 2.75) is 37.6 Å². The van der Waals surface area contributed by atoms with Crippen LogP contribution < -0.4 is 10.1 Å². The third kappa shape index (κ3) is 2.77. The van der Waals surface area contributed by atoms with Gasteiger partial charge in [0.15, 0.2) is 0 Å². The number of carbonyl (C=O) groups excluding carboxylic acids is 2. The molecule has 1 saturated heterocycles. The molecule has 1 heterocycles.